The van der Waals surface area contributed by atoms with Crippen molar-refractivity contribution >= 4 is 0 Å². The van der Waals surface area contributed by atoms with Crippen LogP contribution in [0.4, 0.5) is 0 Å². The van der Waals surface area contributed by atoms with Crippen molar-refractivity contribution in [3.63, 3.8) is 0 Å². The van der Waals surface area contributed by atoms with Crippen LogP contribution in [0.25, 0.3) is 0 Å². The zero-order valence-electron chi connectivity index (χ0n) is 10.3. The van der Waals surface area contributed by atoms with E-state index in [1.165, 1.54) is 45.1 Å². The largest absolute Gasteiger partial charge is 0.328 e. The summed E-state index contributed by atoms with van der Waals surface area (Å²) in [5.41, 5.74) is 5.93. The molecule has 88 valence electrons. The molecule has 0 spiro atoms. The Kier molecular flexibility index (Phi) is 3.68. The third-order valence-electron chi connectivity index (χ3n) is 4.44. The van der Waals surface area contributed by atoms with Crippen LogP contribution in [-0.4, -0.2) is 30.6 Å². The third-order valence-corrected chi connectivity index (χ3v) is 4.44. The highest BCUT2D eigenvalue weighted by molar-refractivity contribution is 4.85. The monoisotopic (exact) mass is 210 g/mol. The third kappa shape index (κ3) is 3.18. The van der Waals surface area contributed by atoms with Crippen molar-refractivity contribution in [3.05, 3.63) is 0 Å². The summed E-state index contributed by atoms with van der Waals surface area (Å²) >= 11 is 0. The Bertz CT molecular complexity index is 193. The molecule has 2 N–H and O–H groups in total. The van der Waals surface area contributed by atoms with Gasteiger partial charge in [-0.2, -0.15) is 0 Å². The average Bonchev–Trinajstić information content (AvgIpc) is 3.04. The van der Waals surface area contributed by atoms with Crippen LogP contribution in [0.3, 0.4) is 0 Å². The molecule has 0 amide bonds. The lowest BCUT2D eigenvalue weighted by molar-refractivity contribution is 0.172. The van der Waals surface area contributed by atoms with Crippen molar-refractivity contribution in [2.45, 2.75) is 57.5 Å². The van der Waals surface area contributed by atoms with E-state index in [9.17, 15) is 0 Å². The Labute approximate surface area is 94.2 Å². The highest BCUT2D eigenvalue weighted by Crippen LogP contribution is 2.35. The van der Waals surface area contributed by atoms with Gasteiger partial charge in [0.05, 0.1) is 0 Å². The first-order valence-corrected chi connectivity index (χ1v) is 6.62. The van der Waals surface area contributed by atoms with Crippen LogP contribution in [0.1, 0.15) is 45.4 Å². The summed E-state index contributed by atoms with van der Waals surface area (Å²) in [7, 11) is 2.30. The van der Waals surface area contributed by atoms with E-state index in [4.69, 9.17) is 5.73 Å². The summed E-state index contributed by atoms with van der Waals surface area (Å²) in [5, 5.41) is 0. The first-order chi connectivity index (χ1) is 7.16. The number of nitrogens with two attached hydrogens (primary N) is 1. The zero-order chi connectivity index (χ0) is 10.8. The van der Waals surface area contributed by atoms with E-state index in [0.717, 1.165) is 17.9 Å². The molecule has 2 aliphatic carbocycles. The Balaban J connectivity index is 1.71. The van der Waals surface area contributed by atoms with Gasteiger partial charge in [-0.25, -0.2) is 0 Å². The van der Waals surface area contributed by atoms with Gasteiger partial charge >= 0.3 is 0 Å². The van der Waals surface area contributed by atoms with Crippen molar-refractivity contribution in [1.29, 1.82) is 0 Å². The number of hydrogen-bond acceptors (Lipinski definition) is 2. The van der Waals surface area contributed by atoms with Crippen molar-refractivity contribution in [3.8, 4) is 0 Å². The summed E-state index contributed by atoms with van der Waals surface area (Å²) < 4.78 is 0. The summed E-state index contributed by atoms with van der Waals surface area (Å²) in [6.45, 7) is 3.69. The fourth-order valence-corrected chi connectivity index (χ4v) is 2.88. The lowest BCUT2D eigenvalue weighted by Crippen LogP contribution is -2.37. The molecule has 0 aliphatic heterocycles. The lowest BCUT2D eigenvalue weighted by Gasteiger charge is -2.32. The lowest BCUT2D eigenvalue weighted by atomic mass is 9.86. The van der Waals surface area contributed by atoms with Crippen molar-refractivity contribution in [1.82, 2.24) is 4.90 Å². The molecule has 0 radical (unpaired) electrons. The second kappa shape index (κ2) is 4.84. The van der Waals surface area contributed by atoms with Gasteiger partial charge in [-0.15, -0.1) is 0 Å². The Morgan fingerprint density at radius 1 is 1.13 bits per heavy atom. The van der Waals surface area contributed by atoms with Crippen molar-refractivity contribution < 1.29 is 0 Å². The minimum atomic E-state index is 0.493. The van der Waals surface area contributed by atoms with Crippen LogP contribution in [0.5, 0.6) is 0 Å². The predicted octanol–water partition coefficient (Wildman–Crippen LogP) is 2.23. The van der Waals surface area contributed by atoms with Gasteiger partial charge in [0.1, 0.15) is 0 Å². The molecule has 2 nitrogen and oxygen atoms in total. The molecule has 2 rings (SSSR count). The highest BCUT2D eigenvalue weighted by atomic mass is 15.1. The smallest absolute Gasteiger partial charge is 0.00922 e. The second-order valence-corrected chi connectivity index (χ2v) is 5.80. The second-order valence-electron chi connectivity index (χ2n) is 5.80. The Morgan fingerprint density at radius 2 is 1.73 bits per heavy atom. The highest BCUT2D eigenvalue weighted by Gasteiger charge is 2.31. The van der Waals surface area contributed by atoms with Gasteiger partial charge < -0.3 is 10.6 Å². The number of rotatable bonds is 4. The van der Waals surface area contributed by atoms with Gasteiger partial charge in [0.15, 0.2) is 0 Å². The molecule has 1 atom stereocenters. The minimum Gasteiger partial charge on any atom is -0.328 e. The molecule has 0 aromatic heterocycles. The van der Waals surface area contributed by atoms with E-state index in [-0.39, 0.29) is 0 Å². The first kappa shape index (κ1) is 11.4. The van der Waals surface area contributed by atoms with Gasteiger partial charge in [-0.3, -0.25) is 0 Å². The van der Waals surface area contributed by atoms with Gasteiger partial charge in [-0.1, -0.05) is 0 Å². The number of hydrogen-bond donors (Lipinski definition) is 1. The predicted molar refractivity (Wildman–Crippen MR) is 64.7 cm³/mol. The summed E-state index contributed by atoms with van der Waals surface area (Å²) in [6.07, 6.45) is 8.11. The van der Waals surface area contributed by atoms with Crippen LogP contribution >= 0.6 is 0 Å². The SMILES string of the molecule is CC(C1CC1)N(C)CC1CCC(N)CC1. The molecule has 1 unspecified atom stereocenters. The van der Waals surface area contributed by atoms with Crippen LogP contribution in [-0.2, 0) is 0 Å². The molecular formula is C13H26N2. The van der Waals surface area contributed by atoms with Crippen molar-refractivity contribution in [2.75, 3.05) is 13.6 Å². The maximum Gasteiger partial charge on any atom is 0.00922 e. The maximum atomic E-state index is 5.93. The van der Waals surface area contributed by atoms with Gasteiger partial charge in [-0.05, 0) is 64.3 Å². The quantitative estimate of drug-likeness (QED) is 0.771. The van der Waals surface area contributed by atoms with E-state index < -0.39 is 0 Å². The van der Waals surface area contributed by atoms with E-state index >= 15 is 0 Å². The van der Waals surface area contributed by atoms with Crippen LogP contribution < -0.4 is 5.73 Å². The van der Waals surface area contributed by atoms with Crippen LogP contribution in [0, 0.1) is 11.8 Å². The normalized spacial score (nSPS) is 34.4. The fraction of sp³-hybridized carbons (Fsp3) is 1.00. The first-order valence-electron chi connectivity index (χ1n) is 6.62. The molecule has 0 saturated heterocycles. The molecule has 0 bridgehead atoms. The average molecular weight is 210 g/mol. The summed E-state index contributed by atoms with van der Waals surface area (Å²) in [6, 6.07) is 1.30. The molecule has 2 fully saturated rings. The van der Waals surface area contributed by atoms with E-state index in [2.05, 4.69) is 18.9 Å². The van der Waals surface area contributed by atoms with Crippen molar-refractivity contribution in [2.24, 2.45) is 17.6 Å². The van der Waals surface area contributed by atoms with Crippen LogP contribution in [0.2, 0.25) is 0 Å². The molecule has 2 heteroatoms. The van der Waals surface area contributed by atoms with E-state index in [1.807, 2.05) is 0 Å². The molecule has 2 saturated carbocycles. The van der Waals surface area contributed by atoms with E-state index in [0.29, 0.717) is 6.04 Å². The summed E-state index contributed by atoms with van der Waals surface area (Å²) in [4.78, 5) is 2.58. The Morgan fingerprint density at radius 3 is 2.27 bits per heavy atom. The number of nitrogens with zero attached hydrogens (tertiary/aromatic N) is 1. The summed E-state index contributed by atoms with van der Waals surface area (Å²) in [5.74, 6) is 1.91. The molecule has 15 heavy (non-hydrogen) atoms. The zero-order valence-corrected chi connectivity index (χ0v) is 10.3. The Hall–Kier alpha value is -0.0800. The standard InChI is InChI=1S/C13H26N2/c1-10(12-5-6-12)15(2)9-11-3-7-13(14)8-4-11/h10-13H,3-9,14H2,1-2H3. The minimum absolute atomic E-state index is 0.493. The molecule has 0 aromatic carbocycles. The molecule has 2 aliphatic rings. The van der Waals surface area contributed by atoms with Gasteiger partial charge in [0.2, 0.25) is 0 Å². The molecule has 0 heterocycles. The topological polar surface area (TPSA) is 29.3 Å². The van der Waals surface area contributed by atoms with Gasteiger partial charge in [0.25, 0.3) is 0 Å². The fourth-order valence-electron chi connectivity index (χ4n) is 2.88. The molecule has 0 aromatic rings. The van der Waals surface area contributed by atoms with E-state index in [1.54, 1.807) is 0 Å². The maximum absolute atomic E-state index is 5.93. The van der Waals surface area contributed by atoms with Crippen LogP contribution in [0.15, 0.2) is 0 Å². The molecular weight excluding hydrogens is 184 g/mol. The van der Waals surface area contributed by atoms with Gasteiger partial charge in [0, 0.05) is 18.6 Å².